The van der Waals surface area contributed by atoms with E-state index in [2.05, 4.69) is 25.0 Å². The van der Waals surface area contributed by atoms with Crippen molar-refractivity contribution in [2.45, 2.75) is 36.7 Å². The number of thioether (sulfide) groups is 1. The molecule has 188 valence electrons. The molecule has 2 heterocycles. The van der Waals surface area contributed by atoms with Gasteiger partial charge in [-0.1, -0.05) is 11.8 Å². The molecule has 1 aromatic carbocycles. The summed E-state index contributed by atoms with van der Waals surface area (Å²) < 4.78 is 61.7. The summed E-state index contributed by atoms with van der Waals surface area (Å²) in [4.78, 5) is 24.7. The van der Waals surface area contributed by atoms with Crippen molar-refractivity contribution in [1.29, 1.82) is 0 Å². The molecule has 0 radical (unpaired) electrons. The Morgan fingerprint density at radius 1 is 1.31 bits per heavy atom. The monoisotopic (exact) mass is 513 g/mol. The maximum atomic E-state index is 15.3. The molecule has 0 spiro atoms. The number of nitrogens with zero attached hydrogens (tertiary/aromatic N) is 3. The standard InChI is InChI=1S/C22H23F4N5O3S/c1-11-4-12(30-18(32)14-7-29-16(8-28-14)34-10-22(24,25)26)5-13(17(11)23)20(2)15-6-21(15,9-33-3)35-19(27)31-20/h4-5,7-8,15H,6,9-10H2,1-3H3,(H2,27,31)(H,30,32)/t15-,20+,21+/m0/s1. The van der Waals surface area contributed by atoms with Crippen molar-refractivity contribution in [2.24, 2.45) is 16.6 Å². The normalized spacial score (nSPS) is 25.5. The molecule has 1 aromatic heterocycles. The van der Waals surface area contributed by atoms with Crippen LogP contribution in [-0.2, 0) is 10.3 Å². The van der Waals surface area contributed by atoms with E-state index in [9.17, 15) is 18.0 Å². The lowest BCUT2D eigenvalue weighted by molar-refractivity contribution is -0.154. The smallest absolute Gasteiger partial charge is 0.422 e. The maximum absolute atomic E-state index is 15.3. The molecule has 8 nitrogen and oxygen atoms in total. The van der Waals surface area contributed by atoms with E-state index in [0.29, 0.717) is 28.6 Å². The van der Waals surface area contributed by atoms with Gasteiger partial charge in [-0.25, -0.2) is 14.4 Å². The van der Waals surface area contributed by atoms with Gasteiger partial charge in [-0.3, -0.25) is 9.79 Å². The number of ether oxygens (including phenoxy) is 2. The van der Waals surface area contributed by atoms with E-state index in [1.54, 1.807) is 14.0 Å². The molecule has 3 atom stereocenters. The second-order valence-corrected chi connectivity index (χ2v) is 10.1. The Morgan fingerprint density at radius 3 is 2.69 bits per heavy atom. The lowest BCUT2D eigenvalue weighted by Crippen LogP contribution is -2.37. The number of amidine groups is 1. The minimum absolute atomic E-state index is 0.0118. The molecule has 1 saturated carbocycles. The Balaban J connectivity index is 1.56. The number of amides is 1. The Morgan fingerprint density at radius 2 is 2.06 bits per heavy atom. The van der Waals surface area contributed by atoms with Gasteiger partial charge < -0.3 is 20.5 Å². The number of benzene rings is 1. The molecule has 1 fully saturated rings. The van der Waals surface area contributed by atoms with Crippen molar-refractivity contribution in [3.8, 4) is 5.88 Å². The molecule has 0 saturated heterocycles. The maximum Gasteiger partial charge on any atom is 0.422 e. The molecule has 2 aliphatic rings. The van der Waals surface area contributed by atoms with Crippen LogP contribution in [0.25, 0.3) is 0 Å². The predicted molar refractivity (Wildman–Crippen MR) is 122 cm³/mol. The molecular formula is C22H23F4N5O3S. The number of nitrogens with one attached hydrogen (secondary N) is 1. The summed E-state index contributed by atoms with van der Waals surface area (Å²) in [6, 6.07) is 2.98. The molecule has 1 aliphatic carbocycles. The van der Waals surface area contributed by atoms with E-state index >= 15 is 4.39 Å². The van der Waals surface area contributed by atoms with Crippen molar-refractivity contribution in [2.75, 3.05) is 25.6 Å². The van der Waals surface area contributed by atoms with Crippen LogP contribution in [0.4, 0.5) is 23.2 Å². The van der Waals surface area contributed by atoms with Gasteiger partial charge in [0.05, 0.1) is 29.3 Å². The summed E-state index contributed by atoms with van der Waals surface area (Å²) in [5.41, 5.74) is 5.87. The molecule has 1 amide bonds. The summed E-state index contributed by atoms with van der Waals surface area (Å²) in [5, 5.41) is 2.98. The van der Waals surface area contributed by atoms with E-state index in [0.717, 1.165) is 18.8 Å². The number of alkyl halides is 3. The number of halogens is 4. The van der Waals surface area contributed by atoms with Gasteiger partial charge in [-0.15, -0.1) is 0 Å². The third-order valence-corrected chi connectivity index (χ3v) is 7.32. The van der Waals surface area contributed by atoms with Crippen molar-refractivity contribution in [3.05, 3.63) is 47.2 Å². The van der Waals surface area contributed by atoms with Gasteiger partial charge in [-0.2, -0.15) is 13.2 Å². The van der Waals surface area contributed by atoms with Gasteiger partial charge in [0.15, 0.2) is 11.8 Å². The number of nitrogens with two attached hydrogens (primary N) is 1. The number of hydrogen-bond donors (Lipinski definition) is 2. The van der Waals surface area contributed by atoms with Gasteiger partial charge in [-0.05, 0) is 38.0 Å². The number of carbonyl (C=O) groups is 1. The Labute approximate surface area is 202 Å². The number of aromatic nitrogens is 2. The van der Waals surface area contributed by atoms with E-state index in [1.807, 2.05) is 6.92 Å². The minimum Gasteiger partial charge on any atom is -0.467 e. The van der Waals surface area contributed by atoms with Gasteiger partial charge >= 0.3 is 6.18 Å². The van der Waals surface area contributed by atoms with Gasteiger partial charge in [0.25, 0.3) is 5.91 Å². The Kier molecular flexibility index (Phi) is 6.43. The molecular weight excluding hydrogens is 490 g/mol. The Bertz CT molecular complexity index is 1180. The molecule has 0 bridgehead atoms. The number of rotatable bonds is 7. The van der Waals surface area contributed by atoms with E-state index < -0.39 is 30.0 Å². The van der Waals surface area contributed by atoms with Gasteiger partial charge in [0.1, 0.15) is 11.5 Å². The van der Waals surface area contributed by atoms with Gasteiger partial charge in [0, 0.05) is 24.3 Å². The molecule has 35 heavy (non-hydrogen) atoms. The van der Waals surface area contributed by atoms with Gasteiger partial charge in [0.2, 0.25) is 5.88 Å². The summed E-state index contributed by atoms with van der Waals surface area (Å²) in [7, 11) is 1.60. The lowest BCUT2D eigenvalue weighted by atomic mass is 9.84. The van der Waals surface area contributed by atoms with Crippen molar-refractivity contribution in [1.82, 2.24) is 9.97 Å². The van der Waals surface area contributed by atoms with Crippen LogP contribution < -0.4 is 15.8 Å². The zero-order valence-corrected chi connectivity index (χ0v) is 19.9. The first-order chi connectivity index (χ1) is 16.4. The topological polar surface area (TPSA) is 112 Å². The predicted octanol–water partition coefficient (Wildman–Crippen LogP) is 3.80. The second kappa shape index (κ2) is 8.94. The van der Waals surface area contributed by atoms with E-state index in [-0.39, 0.29) is 22.2 Å². The van der Waals surface area contributed by atoms with Crippen LogP contribution in [0.3, 0.4) is 0 Å². The summed E-state index contributed by atoms with van der Waals surface area (Å²) in [6.45, 7) is 2.31. The fourth-order valence-electron chi connectivity index (χ4n) is 4.40. The van der Waals surface area contributed by atoms with Crippen LogP contribution >= 0.6 is 11.8 Å². The summed E-state index contributed by atoms with van der Waals surface area (Å²) >= 11 is 1.44. The van der Waals surface area contributed by atoms with Crippen LogP contribution in [0.5, 0.6) is 5.88 Å². The van der Waals surface area contributed by atoms with Crippen molar-refractivity contribution >= 4 is 28.5 Å². The first-order valence-electron chi connectivity index (χ1n) is 10.5. The van der Waals surface area contributed by atoms with Crippen LogP contribution in [0, 0.1) is 18.7 Å². The summed E-state index contributed by atoms with van der Waals surface area (Å²) in [6.07, 6.45) is -1.86. The number of carbonyl (C=O) groups excluding carboxylic acids is 1. The number of fused-ring (bicyclic) bond motifs is 1. The van der Waals surface area contributed by atoms with Crippen LogP contribution in [-0.4, -0.2) is 52.3 Å². The lowest BCUT2D eigenvalue weighted by Gasteiger charge is -2.34. The zero-order chi connectivity index (χ0) is 25.6. The molecule has 1 aliphatic heterocycles. The fraction of sp³-hybridized carbons (Fsp3) is 0.455. The SMILES string of the molecule is COC[C@]12C[C@H]1[C@@](C)(c1cc(NC(=O)c3cnc(OCC(F)(F)F)cn3)cc(C)c1F)N=C(N)S2. The molecule has 13 heteroatoms. The average Bonchev–Trinajstić information content (AvgIpc) is 3.49. The number of hydrogen-bond acceptors (Lipinski definition) is 8. The number of aryl methyl sites for hydroxylation is 1. The second-order valence-electron chi connectivity index (χ2n) is 8.71. The highest BCUT2D eigenvalue weighted by Crippen LogP contribution is 2.66. The highest BCUT2D eigenvalue weighted by atomic mass is 32.2. The minimum atomic E-state index is -4.53. The molecule has 3 N–H and O–H groups in total. The third kappa shape index (κ3) is 5.06. The highest BCUT2D eigenvalue weighted by Gasteiger charge is 2.66. The quantitative estimate of drug-likeness (QED) is 0.542. The average molecular weight is 514 g/mol. The van der Waals surface area contributed by atoms with Crippen LogP contribution in [0.15, 0.2) is 29.5 Å². The molecule has 0 unspecified atom stereocenters. The highest BCUT2D eigenvalue weighted by molar-refractivity contribution is 8.15. The Hall–Kier alpha value is -2.93. The number of methoxy groups -OCH3 is 1. The molecule has 4 rings (SSSR count). The van der Waals surface area contributed by atoms with Crippen molar-refractivity contribution in [3.63, 3.8) is 0 Å². The first kappa shape index (κ1) is 25.2. The third-order valence-electron chi connectivity index (χ3n) is 6.04. The summed E-state index contributed by atoms with van der Waals surface area (Å²) in [5.74, 6) is -1.51. The van der Waals surface area contributed by atoms with E-state index in [1.165, 1.54) is 23.9 Å². The fourth-order valence-corrected chi connectivity index (χ4v) is 5.85. The zero-order valence-electron chi connectivity index (χ0n) is 19.1. The van der Waals surface area contributed by atoms with Crippen LogP contribution in [0.2, 0.25) is 0 Å². The molecule has 2 aromatic rings. The van der Waals surface area contributed by atoms with Crippen molar-refractivity contribution < 1.29 is 31.8 Å². The number of anilines is 1. The largest absolute Gasteiger partial charge is 0.467 e. The number of aliphatic imine (C=N–C) groups is 1. The van der Waals surface area contributed by atoms with Crippen LogP contribution in [0.1, 0.15) is 35.0 Å². The van der Waals surface area contributed by atoms with E-state index in [4.69, 9.17) is 10.5 Å². The first-order valence-corrected chi connectivity index (χ1v) is 11.4.